The molecule has 0 aromatic heterocycles. The molecule has 1 fully saturated rings. The first kappa shape index (κ1) is 15.7. The molecule has 1 saturated carbocycles. The Bertz CT molecular complexity index is 666. The summed E-state index contributed by atoms with van der Waals surface area (Å²) in [6.07, 6.45) is 2.48. The molecule has 120 valence electrons. The predicted octanol–water partition coefficient (Wildman–Crippen LogP) is 4.20. The Kier molecular flexibility index (Phi) is 4.75. The van der Waals surface area contributed by atoms with Gasteiger partial charge in [0.1, 0.15) is 5.82 Å². The van der Waals surface area contributed by atoms with Gasteiger partial charge >= 0.3 is 0 Å². The van der Waals surface area contributed by atoms with Crippen LogP contribution in [0, 0.1) is 11.7 Å². The molecule has 1 unspecified atom stereocenters. The van der Waals surface area contributed by atoms with Crippen molar-refractivity contribution >= 4 is 5.91 Å². The molecule has 0 spiro atoms. The lowest BCUT2D eigenvalue weighted by Gasteiger charge is -2.30. The Morgan fingerprint density at radius 1 is 1.13 bits per heavy atom. The van der Waals surface area contributed by atoms with Crippen LogP contribution in [0.15, 0.2) is 54.6 Å². The second-order valence-corrected chi connectivity index (χ2v) is 6.35. The molecular weight excluding hydrogens is 289 g/mol. The van der Waals surface area contributed by atoms with Crippen LogP contribution in [0.2, 0.25) is 0 Å². The second-order valence-electron chi connectivity index (χ2n) is 6.35. The Hall–Kier alpha value is -2.16. The highest BCUT2D eigenvalue weighted by atomic mass is 19.1. The van der Waals surface area contributed by atoms with Gasteiger partial charge in [0.15, 0.2) is 0 Å². The van der Waals surface area contributed by atoms with Crippen molar-refractivity contribution in [2.75, 3.05) is 0 Å². The molecule has 0 aliphatic heterocycles. The summed E-state index contributed by atoms with van der Waals surface area (Å²) in [7, 11) is 0. The summed E-state index contributed by atoms with van der Waals surface area (Å²) in [6, 6.07) is 16.7. The number of rotatable bonds is 6. The van der Waals surface area contributed by atoms with Crippen molar-refractivity contribution in [3.63, 3.8) is 0 Å². The molecule has 1 aliphatic carbocycles. The first-order valence-corrected chi connectivity index (χ1v) is 8.22. The van der Waals surface area contributed by atoms with Gasteiger partial charge in [-0.05, 0) is 42.9 Å². The van der Waals surface area contributed by atoms with Gasteiger partial charge in [0.2, 0.25) is 5.91 Å². The molecule has 0 heterocycles. The maximum Gasteiger partial charge on any atom is 0.227 e. The van der Waals surface area contributed by atoms with Gasteiger partial charge in [-0.25, -0.2) is 4.39 Å². The van der Waals surface area contributed by atoms with Gasteiger partial charge in [0, 0.05) is 12.6 Å². The Balaban J connectivity index is 1.77. The third-order valence-corrected chi connectivity index (χ3v) is 4.61. The normalized spacial score (nSPS) is 15.2. The summed E-state index contributed by atoms with van der Waals surface area (Å²) in [5.74, 6) is 0.279. The van der Waals surface area contributed by atoms with E-state index in [9.17, 15) is 9.18 Å². The molecule has 0 saturated heterocycles. The van der Waals surface area contributed by atoms with Crippen molar-refractivity contribution in [2.24, 2.45) is 5.92 Å². The number of carbonyl (C=O) groups is 1. The molecule has 1 aliphatic rings. The van der Waals surface area contributed by atoms with Crippen LogP contribution in [0.25, 0.3) is 0 Å². The highest BCUT2D eigenvalue weighted by Gasteiger charge is 2.34. The maximum atomic E-state index is 13.8. The van der Waals surface area contributed by atoms with E-state index >= 15 is 0 Å². The van der Waals surface area contributed by atoms with E-state index in [-0.39, 0.29) is 24.2 Å². The number of amides is 1. The van der Waals surface area contributed by atoms with E-state index < -0.39 is 0 Å². The van der Waals surface area contributed by atoms with Crippen LogP contribution < -0.4 is 0 Å². The average molecular weight is 311 g/mol. The van der Waals surface area contributed by atoms with E-state index in [0.717, 1.165) is 5.56 Å². The fraction of sp³-hybridized carbons (Fsp3) is 0.350. The van der Waals surface area contributed by atoms with Gasteiger partial charge in [-0.2, -0.15) is 0 Å². The van der Waals surface area contributed by atoms with Crippen molar-refractivity contribution < 1.29 is 9.18 Å². The highest BCUT2D eigenvalue weighted by Crippen LogP contribution is 2.36. The van der Waals surface area contributed by atoms with Crippen LogP contribution >= 0.6 is 0 Å². The molecule has 3 rings (SSSR count). The van der Waals surface area contributed by atoms with Crippen molar-refractivity contribution in [2.45, 2.75) is 38.8 Å². The zero-order valence-electron chi connectivity index (χ0n) is 13.4. The minimum atomic E-state index is -0.306. The molecule has 3 heteroatoms. The fourth-order valence-corrected chi connectivity index (χ4v) is 2.98. The monoisotopic (exact) mass is 311 g/mol. The summed E-state index contributed by atoms with van der Waals surface area (Å²) in [6.45, 7) is 2.70. The van der Waals surface area contributed by atoms with E-state index in [1.165, 1.54) is 18.9 Å². The minimum Gasteiger partial charge on any atom is -0.335 e. The summed E-state index contributed by atoms with van der Waals surface area (Å²) in [5, 5.41) is 0. The van der Waals surface area contributed by atoms with Crippen LogP contribution in [0.5, 0.6) is 0 Å². The lowest BCUT2D eigenvalue weighted by Crippen LogP contribution is -2.40. The van der Waals surface area contributed by atoms with Gasteiger partial charge in [-0.1, -0.05) is 48.5 Å². The molecule has 23 heavy (non-hydrogen) atoms. The van der Waals surface area contributed by atoms with Gasteiger partial charge in [0.25, 0.3) is 0 Å². The predicted molar refractivity (Wildman–Crippen MR) is 89.3 cm³/mol. The molecule has 2 nitrogen and oxygen atoms in total. The van der Waals surface area contributed by atoms with Gasteiger partial charge < -0.3 is 4.90 Å². The first-order valence-electron chi connectivity index (χ1n) is 8.22. The van der Waals surface area contributed by atoms with Crippen molar-refractivity contribution in [3.05, 3.63) is 71.5 Å². The number of benzene rings is 2. The largest absolute Gasteiger partial charge is 0.335 e. The Labute approximate surface area is 136 Å². The van der Waals surface area contributed by atoms with E-state index in [1.807, 2.05) is 35.2 Å². The summed E-state index contributed by atoms with van der Waals surface area (Å²) in [5.41, 5.74) is 1.58. The highest BCUT2D eigenvalue weighted by molar-refractivity contribution is 5.79. The summed E-state index contributed by atoms with van der Waals surface area (Å²) in [4.78, 5) is 14.7. The third kappa shape index (κ3) is 3.98. The van der Waals surface area contributed by atoms with Crippen molar-refractivity contribution in [1.82, 2.24) is 4.90 Å². The molecule has 2 aromatic rings. The van der Waals surface area contributed by atoms with E-state index in [0.29, 0.717) is 18.0 Å². The van der Waals surface area contributed by atoms with Crippen molar-refractivity contribution in [3.8, 4) is 0 Å². The molecule has 1 atom stereocenters. The topological polar surface area (TPSA) is 20.3 Å². The molecule has 0 radical (unpaired) electrons. The molecular formula is C20H22FNO. The summed E-state index contributed by atoms with van der Waals surface area (Å²) >= 11 is 0. The zero-order chi connectivity index (χ0) is 16.2. The quantitative estimate of drug-likeness (QED) is 0.783. The Morgan fingerprint density at radius 2 is 1.78 bits per heavy atom. The van der Waals surface area contributed by atoms with Crippen LogP contribution in [-0.4, -0.2) is 16.8 Å². The van der Waals surface area contributed by atoms with E-state index in [2.05, 4.69) is 6.92 Å². The average Bonchev–Trinajstić information content (AvgIpc) is 3.40. The van der Waals surface area contributed by atoms with Crippen molar-refractivity contribution in [1.29, 1.82) is 0 Å². The maximum absolute atomic E-state index is 13.8. The number of carbonyl (C=O) groups excluding carboxylic acids is 1. The first-order chi connectivity index (χ1) is 11.1. The van der Waals surface area contributed by atoms with E-state index in [1.54, 1.807) is 18.2 Å². The van der Waals surface area contributed by atoms with Crippen LogP contribution in [-0.2, 0) is 17.8 Å². The fourth-order valence-electron chi connectivity index (χ4n) is 2.98. The Morgan fingerprint density at radius 3 is 2.43 bits per heavy atom. The second kappa shape index (κ2) is 6.95. The smallest absolute Gasteiger partial charge is 0.227 e. The third-order valence-electron chi connectivity index (χ3n) is 4.61. The van der Waals surface area contributed by atoms with E-state index in [4.69, 9.17) is 0 Å². The van der Waals surface area contributed by atoms with Crippen LogP contribution in [0.4, 0.5) is 4.39 Å². The molecule has 0 N–H and O–H groups in total. The lowest BCUT2D eigenvalue weighted by atomic mass is 10.1. The number of hydrogen-bond donors (Lipinski definition) is 0. The SMILES string of the molecule is CC(C1CC1)N(Cc1ccccc1)C(=O)Cc1ccccc1F. The zero-order valence-corrected chi connectivity index (χ0v) is 13.4. The minimum absolute atomic E-state index is 0.00152. The summed E-state index contributed by atoms with van der Waals surface area (Å²) < 4.78 is 13.8. The van der Waals surface area contributed by atoms with Gasteiger partial charge in [-0.15, -0.1) is 0 Å². The van der Waals surface area contributed by atoms with Crippen LogP contribution in [0.1, 0.15) is 30.9 Å². The molecule has 0 bridgehead atoms. The number of hydrogen-bond acceptors (Lipinski definition) is 1. The number of halogens is 1. The standard InChI is InChI=1S/C20H22FNO/c1-15(17-11-12-17)22(14-16-7-3-2-4-8-16)20(23)13-18-9-5-6-10-19(18)21/h2-10,15,17H,11-14H2,1H3. The molecule has 1 amide bonds. The molecule has 2 aromatic carbocycles. The van der Waals surface area contributed by atoms with Gasteiger partial charge in [0.05, 0.1) is 6.42 Å². The van der Waals surface area contributed by atoms with Gasteiger partial charge in [-0.3, -0.25) is 4.79 Å². The lowest BCUT2D eigenvalue weighted by molar-refractivity contribution is -0.133. The number of nitrogens with zero attached hydrogens (tertiary/aromatic N) is 1. The van der Waals surface area contributed by atoms with Crippen LogP contribution in [0.3, 0.4) is 0 Å².